The van der Waals surface area contributed by atoms with Crippen molar-refractivity contribution in [3.8, 4) is 16.9 Å². The molecule has 0 atom stereocenters. The zero-order valence-electron chi connectivity index (χ0n) is 17.3. The molecule has 5 heteroatoms. The second kappa shape index (κ2) is 9.44. The van der Waals surface area contributed by atoms with Crippen LogP contribution in [0.1, 0.15) is 26.2 Å². The van der Waals surface area contributed by atoms with E-state index in [1.54, 1.807) is 0 Å². The number of piperidine rings is 1. The molecule has 1 saturated heterocycles. The number of carbonyl (C=O) groups is 1. The number of ether oxygens (including phenoxy) is 1. The van der Waals surface area contributed by atoms with E-state index < -0.39 is 0 Å². The number of rotatable bonds is 6. The van der Waals surface area contributed by atoms with Gasteiger partial charge in [-0.25, -0.2) is 4.98 Å². The van der Waals surface area contributed by atoms with E-state index in [4.69, 9.17) is 4.74 Å². The van der Waals surface area contributed by atoms with Crippen molar-refractivity contribution in [3.63, 3.8) is 0 Å². The number of anilines is 2. The Hall–Kier alpha value is -3.34. The molecule has 4 rings (SSSR count). The molecular formula is C25H27N3O2. The molecule has 1 aliphatic heterocycles. The number of benzene rings is 2. The number of aromatic nitrogens is 1. The van der Waals surface area contributed by atoms with Crippen LogP contribution >= 0.6 is 0 Å². The standard InChI is InChI=1S/C25H27N3O2/c1-2-25(29)28-16-13-23(14-17-28)30-22-10-8-19(9-11-22)20-12-15-26-24(18-20)27-21-6-4-3-5-7-21/h3-12,15,18,23H,2,13-14,16-17H2,1H3,(H,26,27). The Balaban J connectivity index is 1.37. The lowest BCUT2D eigenvalue weighted by atomic mass is 10.1. The Morgan fingerprint density at radius 2 is 1.77 bits per heavy atom. The minimum absolute atomic E-state index is 0.166. The lowest BCUT2D eigenvalue weighted by Gasteiger charge is -2.32. The highest BCUT2D eigenvalue weighted by Crippen LogP contribution is 2.26. The maximum atomic E-state index is 11.8. The number of para-hydroxylation sites is 1. The molecule has 0 radical (unpaired) electrons. The normalized spacial score (nSPS) is 14.4. The molecule has 5 nitrogen and oxygen atoms in total. The number of amides is 1. The second-order valence-electron chi connectivity index (χ2n) is 7.50. The molecule has 0 bridgehead atoms. The van der Waals surface area contributed by atoms with Crippen molar-refractivity contribution < 1.29 is 9.53 Å². The quantitative estimate of drug-likeness (QED) is 0.611. The molecule has 1 amide bonds. The first-order valence-electron chi connectivity index (χ1n) is 10.5. The van der Waals surface area contributed by atoms with Crippen LogP contribution in [0.5, 0.6) is 5.75 Å². The van der Waals surface area contributed by atoms with Crippen molar-refractivity contribution in [1.29, 1.82) is 0 Å². The zero-order valence-corrected chi connectivity index (χ0v) is 17.3. The lowest BCUT2D eigenvalue weighted by Crippen LogP contribution is -2.41. The van der Waals surface area contributed by atoms with Crippen LogP contribution in [0.15, 0.2) is 72.9 Å². The number of pyridine rings is 1. The average Bonchev–Trinajstić information content (AvgIpc) is 2.80. The molecule has 0 spiro atoms. The van der Waals surface area contributed by atoms with Crippen molar-refractivity contribution in [2.24, 2.45) is 0 Å². The summed E-state index contributed by atoms with van der Waals surface area (Å²) in [5.74, 6) is 1.92. The van der Waals surface area contributed by atoms with E-state index in [1.165, 1.54) is 0 Å². The largest absolute Gasteiger partial charge is 0.490 e. The zero-order chi connectivity index (χ0) is 20.8. The Kier molecular flexibility index (Phi) is 6.28. The van der Waals surface area contributed by atoms with Gasteiger partial charge in [-0.2, -0.15) is 0 Å². The number of nitrogens with zero attached hydrogens (tertiary/aromatic N) is 2. The van der Waals surface area contributed by atoms with E-state index in [0.717, 1.165) is 54.3 Å². The molecule has 1 aliphatic rings. The van der Waals surface area contributed by atoms with Gasteiger partial charge in [0, 0.05) is 44.2 Å². The fourth-order valence-electron chi connectivity index (χ4n) is 3.71. The van der Waals surface area contributed by atoms with Crippen molar-refractivity contribution in [2.45, 2.75) is 32.3 Å². The highest BCUT2D eigenvalue weighted by atomic mass is 16.5. The second-order valence-corrected chi connectivity index (χ2v) is 7.50. The van der Waals surface area contributed by atoms with Crippen molar-refractivity contribution in [2.75, 3.05) is 18.4 Å². The van der Waals surface area contributed by atoms with Gasteiger partial charge in [0.15, 0.2) is 0 Å². The number of hydrogen-bond acceptors (Lipinski definition) is 4. The molecule has 30 heavy (non-hydrogen) atoms. The number of nitrogens with one attached hydrogen (secondary N) is 1. The number of likely N-dealkylation sites (tertiary alicyclic amines) is 1. The predicted octanol–water partition coefficient (Wildman–Crippen LogP) is 5.27. The molecule has 2 heterocycles. The van der Waals surface area contributed by atoms with Crippen LogP contribution in [0.4, 0.5) is 11.5 Å². The van der Waals surface area contributed by atoms with Gasteiger partial charge in [-0.05, 0) is 47.5 Å². The molecule has 3 aromatic rings. The van der Waals surface area contributed by atoms with Gasteiger partial charge in [-0.3, -0.25) is 4.79 Å². The van der Waals surface area contributed by atoms with Crippen LogP contribution in [0.3, 0.4) is 0 Å². The summed E-state index contributed by atoms with van der Waals surface area (Å²) < 4.78 is 6.15. The van der Waals surface area contributed by atoms with E-state index in [9.17, 15) is 4.79 Å². The van der Waals surface area contributed by atoms with Crippen LogP contribution in [0, 0.1) is 0 Å². The maximum absolute atomic E-state index is 11.8. The first-order valence-corrected chi connectivity index (χ1v) is 10.5. The highest BCUT2D eigenvalue weighted by Gasteiger charge is 2.22. The summed E-state index contributed by atoms with van der Waals surface area (Å²) in [6.45, 7) is 3.48. The van der Waals surface area contributed by atoms with E-state index >= 15 is 0 Å². The Labute approximate surface area is 177 Å². The fourth-order valence-corrected chi connectivity index (χ4v) is 3.71. The van der Waals surface area contributed by atoms with Crippen molar-refractivity contribution in [1.82, 2.24) is 9.88 Å². The predicted molar refractivity (Wildman–Crippen MR) is 120 cm³/mol. The Morgan fingerprint density at radius 1 is 1.03 bits per heavy atom. The molecule has 1 N–H and O–H groups in total. The summed E-state index contributed by atoms with van der Waals surface area (Å²) >= 11 is 0. The lowest BCUT2D eigenvalue weighted by molar-refractivity contribution is -0.132. The fraction of sp³-hybridized carbons (Fsp3) is 0.280. The third kappa shape index (κ3) is 4.98. The summed E-state index contributed by atoms with van der Waals surface area (Å²) in [6, 6.07) is 22.3. The monoisotopic (exact) mass is 401 g/mol. The summed E-state index contributed by atoms with van der Waals surface area (Å²) in [7, 11) is 0. The molecule has 154 valence electrons. The third-order valence-electron chi connectivity index (χ3n) is 5.39. The van der Waals surface area contributed by atoms with Crippen LogP contribution in [0.25, 0.3) is 11.1 Å². The maximum Gasteiger partial charge on any atom is 0.222 e. The van der Waals surface area contributed by atoms with Gasteiger partial charge < -0.3 is 15.0 Å². The van der Waals surface area contributed by atoms with Crippen LogP contribution in [-0.4, -0.2) is 35.0 Å². The van der Waals surface area contributed by atoms with E-state index in [-0.39, 0.29) is 12.0 Å². The van der Waals surface area contributed by atoms with Crippen molar-refractivity contribution >= 4 is 17.4 Å². The smallest absolute Gasteiger partial charge is 0.222 e. The summed E-state index contributed by atoms with van der Waals surface area (Å²) in [5.41, 5.74) is 3.23. The first-order chi connectivity index (χ1) is 14.7. The topological polar surface area (TPSA) is 54.5 Å². The molecular weight excluding hydrogens is 374 g/mol. The van der Waals surface area contributed by atoms with Gasteiger partial charge in [0.25, 0.3) is 0 Å². The minimum atomic E-state index is 0.166. The average molecular weight is 402 g/mol. The summed E-state index contributed by atoms with van der Waals surface area (Å²) in [5, 5.41) is 3.33. The molecule has 0 aliphatic carbocycles. The Bertz CT molecular complexity index is 965. The Morgan fingerprint density at radius 3 is 2.47 bits per heavy atom. The summed E-state index contributed by atoms with van der Waals surface area (Å²) in [4.78, 5) is 18.2. The van der Waals surface area contributed by atoms with E-state index in [0.29, 0.717) is 6.42 Å². The summed E-state index contributed by atoms with van der Waals surface area (Å²) in [6.07, 6.45) is 4.32. The molecule has 1 fully saturated rings. The van der Waals surface area contributed by atoms with Gasteiger partial charge in [0.1, 0.15) is 17.7 Å². The van der Waals surface area contributed by atoms with Crippen LogP contribution in [0.2, 0.25) is 0 Å². The van der Waals surface area contributed by atoms with Gasteiger partial charge in [-0.1, -0.05) is 37.3 Å². The first kappa shape index (κ1) is 20.0. The third-order valence-corrected chi connectivity index (χ3v) is 5.39. The van der Waals surface area contributed by atoms with Crippen molar-refractivity contribution in [3.05, 3.63) is 72.9 Å². The molecule has 1 aromatic heterocycles. The van der Waals surface area contributed by atoms with Crippen LogP contribution < -0.4 is 10.1 Å². The number of hydrogen-bond donors (Lipinski definition) is 1. The van der Waals surface area contributed by atoms with Crippen LogP contribution in [-0.2, 0) is 4.79 Å². The minimum Gasteiger partial charge on any atom is -0.490 e. The molecule has 2 aromatic carbocycles. The SMILES string of the molecule is CCC(=O)N1CCC(Oc2ccc(-c3ccnc(Nc4ccccc4)c3)cc2)CC1. The number of carbonyl (C=O) groups excluding carboxylic acids is 1. The van der Waals surface area contributed by atoms with Gasteiger partial charge in [-0.15, -0.1) is 0 Å². The van der Waals surface area contributed by atoms with Gasteiger partial charge in [0.2, 0.25) is 5.91 Å². The van der Waals surface area contributed by atoms with Gasteiger partial charge >= 0.3 is 0 Å². The van der Waals surface area contributed by atoms with E-state index in [1.807, 2.05) is 72.6 Å². The van der Waals surface area contributed by atoms with Gasteiger partial charge in [0.05, 0.1) is 0 Å². The highest BCUT2D eigenvalue weighted by molar-refractivity contribution is 5.75. The molecule has 0 unspecified atom stereocenters. The molecule has 0 saturated carbocycles. The van der Waals surface area contributed by atoms with E-state index in [2.05, 4.69) is 22.4 Å².